The van der Waals surface area contributed by atoms with Crippen LogP contribution in [0, 0.1) is 0 Å². The minimum absolute atomic E-state index is 0.117. The van der Waals surface area contributed by atoms with Crippen LogP contribution in [0.1, 0.15) is 15.2 Å². The first kappa shape index (κ1) is 19.9. The predicted molar refractivity (Wildman–Crippen MR) is 101 cm³/mol. The van der Waals surface area contributed by atoms with Gasteiger partial charge in [0, 0.05) is 16.2 Å². The summed E-state index contributed by atoms with van der Waals surface area (Å²) >= 11 is 4.34. The maximum absolute atomic E-state index is 12.5. The molecule has 6 nitrogen and oxygen atoms in total. The summed E-state index contributed by atoms with van der Waals surface area (Å²) in [5, 5.41) is 12.7. The number of carbonyl (C=O) groups is 1. The predicted octanol–water partition coefficient (Wildman–Crippen LogP) is 4.14. The number of thiophene rings is 1. The highest BCUT2D eigenvalue weighted by Crippen LogP contribution is 2.29. The van der Waals surface area contributed by atoms with Crippen molar-refractivity contribution >= 4 is 55.3 Å². The molecule has 0 fully saturated rings. The number of amides is 1. The number of hydrogen-bond acceptors (Lipinski definition) is 8. The van der Waals surface area contributed by atoms with E-state index in [1.54, 1.807) is 11.3 Å². The summed E-state index contributed by atoms with van der Waals surface area (Å²) < 4.78 is 48.5. The lowest BCUT2D eigenvalue weighted by Crippen LogP contribution is -2.14. The van der Waals surface area contributed by atoms with Gasteiger partial charge in [-0.25, -0.2) is 8.42 Å². The number of rotatable bonds is 7. The van der Waals surface area contributed by atoms with Crippen molar-refractivity contribution in [2.24, 2.45) is 0 Å². The number of thioether (sulfide) groups is 1. The number of aromatic nitrogens is 2. The molecule has 1 aromatic carbocycles. The van der Waals surface area contributed by atoms with Gasteiger partial charge in [0.2, 0.25) is 15.0 Å². The topological polar surface area (TPSA) is 89.0 Å². The second-order valence-corrected chi connectivity index (χ2v) is 10.2. The third-order valence-electron chi connectivity index (χ3n) is 3.22. The number of nitrogens with one attached hydrogen (secondary N) is 1. The van der Waals surface area contributed by atoms with Gasteiger partial charge in [-0.1, -0.05) is 29.2 Å². The van der Waals surface area contributed by atoms with E-state index in [1.165, 1.54) is 28.0 Å². The van der Waals surface area contributed by atoms with E-state index in [0.29, 0.717) is 4.34 Å². The van der Waals surface area contributed by atoms with Gasteiger partial charge in [0.05, 0.1) is 4.90 Å². The maximum atomic E-state index is 12.5. The highest BCUT2D eigenvalue weighted by Gasteiger charge is 2.26. The normalized spacial score (nSPS) is 11.7. The summed E-state index contributed by atoms with van der Waals surface area (Å²) in [7, 11) is -4.69. The molecule has 3 aromatic rings. The molecule has 27 heavy (non-hydrogen) atoms. The number of anilines is 1. The van der Waals surface area contributed by atoms with E-state index >= 15 is 0 Å². The van der Waals surface area contributed by atoms with Crippen molar-refractivity contribution < 1.29 is 22.0 Å². The van der Waals surface area contributed by atoms with Crippen LogP contribution in [0.25, 0.3) is 0 Å². The molecule has 1 N–H and O–H groups in total. The van der Waals surface area contributed by atoms with Gasteiger partial charge in [-0.3, -0.25) is 10.1 Å². The molecule has 2 aromatic heterocycles. The number of alkyl halides is 2. The Morgan fingerprint density at radius 3 is 2.56 bits per heavy atom. The number of nitrogens with zero attached hydrogens (tertiary/aromatic N) is 2. The van der Waals surface area contributed by atoms with E-state index in [1.807, 2.05) is 17.5 Å². The van der Waals surface area contributed by atoms with Crippen molar-refractivity contribution in [1.29, 1.82) is 0 Å². The molecular formula is C15H11F2N3O3S4. The molecule has 3 rings (SSSR count). The summed E-state index contributed by atoms with van der Waals surface area (Å²) in [4.78, 5) is 12.8. The first-order valence-corrected chi connectivity index (χ1v) is 11.5. The summed E-state index contributed by atoms with van der Waals surface area (Å²) in [6.45, 7) is 0. The van der Waals surface area contributed by atoms with E-state index in [0.717, 1.165) is 30.0 Å². The first-order valence-electron chi connectivity index (χ1n) is 7.28. The van der Waals surface area contributed by atoms with Gasteiger partial charge >= 0.3 is 5.76 Å². The highest BCUT2D eigenvalue weighted by atomic mass is 32.2. The van der Waals surface area contributed by atoms with Crippen molar-refractivity contribution in [3.05, 3.63) is 52.2 Å². The molecule has 0 atom stereocenters. The number of carbonyl (C=O) groups excluding carboxylic acids is 1. The van der Waals surface area contributed by atoms with Gasteiger partial charge in [-0.15, -0.1) is 21.5 Å². The van der Waals surface area contributed by atoms with Crippen LogP contribution in [-0.2, 0) is 15.6 Å². The molecule has 142 valence electrons. The lowest BCUT2D eigenvalue weighted by molar-refractivity contribution is 0.102. The number of benzene rings is 1. The van der Waals surface area contributed by atoms with Crippen LogP contribution < -0.4 is 5.32 Å². The minimum Gasteiger partial charge on any atom is -0.296 e. The van der Waals surface area contributed by atoms with Crippen LogP contribution >= 0.6 is 34.4 Å². The summed E-state index contributed by atoms with van der Waals surface area (Å²) in [6, 6.07) is 8.25. The van der Waals surface area contributed by atoms with Crippen LogP contribution in [0.4, 0.5) is 13.9 Å². The highest BCUT2D eigenvalue weighted by molar-refractivity contribution is 8.00. The maximum Gasteiger partial charge on any atom is 0.341 e. The van der Waals surface area contributed by atoms with Gasteiger partial charge < -0.3 is 0 Å². The lowest BCUT2D eigenvalue weighted by Gasteiger charge is -2.04. The van der Waals surface area contributed by atoms with Crippen LogP contribution in [0.3, 0.4) is 0 Å². The number of halogens is 2. The largest absolute Gasteiger partial charge is 0.341 e. The zero-order valence-corrected chi connectivity index (χ0v) is 16.6. The molecule has 0 aliphatic rings. The van der Waals surface area contributed by atoms with Crippen LogP contribution in [0.5, 0.6) is 0 Å². The van der Waals surface area contributed by atoms with Gasteiger partial charge in [0.15, 0.2) is 4.34 Å². The first-order chi connectivity index (χ1) is 12.9. The molecule has 0 unspecified atom stereocenters. The van der Waals surface area contributed by atoms with E-state index in [4.69, 9.17) is 0 Å². The van der Waals surface area contributed by atoms with Crippen molar-refractivity contribution in [1.82, 2.24) is 10.2 Å². The smallest absolute Gasteiger partial charge is 0.296 e. The Morgan fingerprint density at radius 2 is 1.93 bits per heavy atom. The summed E-state index contributed by atoms with van der Waals surface area (Å²) in [5.74, 6) is -3.30. The van der Waals surface area contributed by atoms with Crippen molar-refractivity contribution in [2.75, 3.05) is 5.32 Å². The second-order valence-electron chi connectivity index (χ2n) is 5.03. The molecule has 0 aliphatic heterocycles. The standard InChI is InChI=1S/C15H11F2N3O3S4/c16-13(17)27(22,23)11-5-3-9(4-6-11)12(21)18-14-19-20-15(26-14)25-8-10-2-1-7-24-10/h1-7,13H,8H2,(H,18,19,21). The molecule has 0 radical (unpaired) electrons. The van der Waals surface area contributed by atoms with Crippen LogP contribution in [0.2, 0.25) is 0 Å². The zero-order valence-electron chi connectivity index (χ0n) is 13.3. The SMILES string of the molecule is O=C(Nc1nnc(SCc2cccs2)s1)c1ccc(S(=O)(=O)C(F)F)cc1. The average Bonchev–Trinajstić information content (AvgIpc) is 3.31. The molecule has 0 aliphatic carbocycles. The fourth-order valence-corrected chi connectivity index (χ4v) is 5.16. The minimum atomic E-state index is -4.69. The number of sulfone groups is 1. The molecule has 0 saturated heterocycles. The van der Waals surface area contributed by atoms with Crippen LogP contribution in [-0.4, -0.2) is 30.3 Å². The Labute approximate surface area is 165 Å². The second kappa shape index (κ2) is 8.42. The Morgan fingerprint density at radius 1 is 1.19 bits per heavy atom. The summed E-state index contributed by atoms with van der Waals surface area (Å²) in [6.07, 6.45) is 0. The Hall–Kier alpha value is -1.89. The fraction of sp³-hybridized carbons (Fsp3) is 0.133. The average molecular weight is 448 g/mol. The fourth-order valence-electron chi connectivity index (χ4n) is 1.91. The Kier molecular flexibility index (Phi) is 6.19. The third kappa shape index (κ3) is 4.89. The Bertz CT molecular complexity index is 1020. The van der Waals surface area contributed by atoms with Gasteiger partial charge in [0.1, 0.15) is 0 Å². The molecule has 0 spiro atoms. The van der Waals surface area contributed by atoms with Crippen molar-refractivity contribution in [3.63, 3.8) is 0 Å². The molecule has 0 saturated carbocycles. The number of hydrogen-bond donors (Lipinski definition) is 1. The zero-order chi connectivity index (χ0) is 19.4. The van der Waals surface area contributed by atoms with E-state index in [2.05, 4.69) is 15.5 Å². The van der Waals surface area contributed by atoms with Crippen molar-refractivity contribution in [2.45, 2.75) is 20.7 Å². The molecular weight excluding hydrogens is 436 g/mol. The van der Waals surface area contributed by atoms with Crippen LogP contribution in [0.15, 0.2) is 51.0 Å². The molecule has 12 heteroatoms. The quantitative estimate of drug-likeness (QED) is 0.433. The van der Waals surface area contributed by atoms with Crippen molar-refractivity contribution in [3.8, 4) is 0 Å². The van der Waals surface area contributed by atoms with Gasteiger partial charge in [-0.2, -0.15) is 8.78 Å². The Balaban J connectivity index is 1.62. The van der Waals surface area contributed by atoms with Gasteiger partial charge in [-0.05, 0) is 35.7 Å². The molecule has 0 bridgehead atoms. The molecule has 2 heterocycles. The van der Waals surface area contributed by atoms with E-state index in [-0.39, 0.29) is 10.7 Å². The van der Waals surface area contributed by atoms with E-state index < -0.39 is 26.4 Å². The van der Waals surface area contributed by atoms with Gasteiger partial charge in [0.25, 0.3) is 5.91 Å². The third-order valence-corrected chi connectivity index (χ3v) is 7.70. The molecule has 1 amide bonds. The lowest BCUT2D eigenvalue weighted by atomic mass is 10.2. The summed E-state index contributed by atoms with van der Waals surface area (Å²) in [5.41, 5.74) is 0.117. The monoisotopic (exact) mass is 447 g/mol. The van der Waals surface area contributed by atoms with E-state index in [9.17, 15) is 22.0 Å².